The van der Waals surface area contributed by atoms with Crippen LogP contribution >= 0.6 is 0 Å². The molecule has 1 aromatic heterocycles. The van der Waals surface area contributed by atoms with Crippen molar-refractivity contribution in [1.82, 2.24) is 14.5 Å². The van der Waals surface area contributed by atoms with Crippen molar-refractivity contribution >= 4 is 5.91 Å². The van der Waals surface area contributed by atoms with Crippen LogP contribution in [-0.2, 0) is 29.5 Å². The monoisotopic (exact) mass is 291 g/mol. The van der Waals surface area contributed by atoms with Gasteiger partial charge in [0, 0.05) is 19.2 Å². The molecule has 0 spiro atoms. The Hall–Kier alpha value is -1.69. The third-order valence-corrected chi connectivity index (χ3v) is 4.44. The molecule has 0 aromatic carbocycles. The lowest BCUT2D eigenvalue weighted by molar-refractivity contribution is -0.144. The van der Waals surface area contributed by atoms with E-state index >= 15 is 0 Å². The summed E-state index contributed by atoms with van der Waals surface area (Å²) in [6.45, 7) is 3.07. The smallest absolute Gasteiger partial charge is 0.256 e. The van der Waals surface area contributed by atoms with Crippen molar-refractivity contribution in [3.63, 3.8) is 0 Å². The van der Waals surface area contributed by atoms with E-state index in [1.54, 1.807) is 11.9 Å². The summed E-state index contributed by atoms with van der Waals surface area (Å²) in [7, 11) is 1.70. The zero-order valence-electron chi connectivity index (χ0n) is 12.5. The Bertz CT molecular complexity index is 611. The maximum Gasteiger partial charge on any atom is 0.256 e. The van der Waals surface area contributed by atoms with E-state index < -0.39 is 0 Å². The molecule has 2 atom stereocenters. The lowest BCUT2D eigenvalue weighted by Crippen LogP contribution is -2.44. The number of carbonyl (C=O) groups is 1. The van der Waals surface area contributed by atoms with Crippen LogP contribution in [0.1, 0.15) is 37.4 Å². The van der Waals surface area contributed by atoms with Gasteiger partial charge in [-0.2, -0.15) is 0 Å². The first kappa shape index (κ1) is 14.3. The maximum atomic E-state index is 12.5. The van der Waals surface area contributed by atoms with Crippen LogP contribution in [-0.4, -0.2) is 39.1 Å². The Morgan fingerprint density at radius 3 is 3.00 bits per heavy atom. The SMILES string of the molecule is CC[C@@H]1CC[C@H](C(=O)N2CCc3c(ncn(C)c3=O)C2)O1. The van der Waals surface area contributed by atoms with Crippen LogP contribution in [0.25, 0.3) is 0 Å². The zero-order chi connectivity index (χ0) is 15.0. The van der Waals surface area contributed by atoms with Gasteiger partial charge < -0.3 is 14.2 Å². The van der Waals surface area contributed by atoms with Gasteiger partial charge in [-0.15, -0.1) is 0 Å². The lowest BCUT2D eigenvalue weighted by atomic mass is 10.1. The van der Waals surface area contributed by atoms with E-state index in [0.29, 0.717) is 19.5 Å². The van der Waals surface area contributed by atoms with Gasteiger partial charge in [0.25, 0.3) is 11.5 Å². The van der Waals surface area contributed by atoms with Crippen LogP contribution in [0.3, 0.4) is 0 Å². The Labute approximate surface area is 123 Å². The maximum absolute atomic E-state index is 12.5. The largest absolute Gasteiger partial charge is 0.365 e. The number of fused-ring (bicyclic) bond motifs is 1. The topological polar surface area (TPSA) is 64.4 Å². The first-order chi connectivity index (χ1) is 10.1. The predicted octanol–water partition coefficient (Wildman–Crippen LogP) is 0.623. The van der Waals surface area contributed by atoms with Crippen molar-refractivity contribution in [2.24, 2.45) is 7.05 Å². The molecule has 2 aliphatic rings. The number of rotatable bonds is 2. The highest BCUT2D eigenvalue weighted by Crippen LogP contribution is 2.25. The molecule has 114 valence electrons. The molecule has 21 heavy (non-hydrogen) atoms. The molecular formula is C15H21N3O3. The second-order valence-corrected chi connectivity index (χ2v) is 5.83. The molecule has 0 radical (unpaired) electrons. The summed E-state index contributed by atoms with van der Waals surface area (Å²) in [5, 5.41) is 0. The summed E-state index contributed by atoms with van der Waals surface area (Å²) in [6, 6.07) is 0. The fourth-order valence-electron chi connectivity index (χ4n) is 3.10. The molecule has 6 heteroatoms. The molecule has 0 N–H and O–H groups in total. The van der Waals surface area contributed by atoms with Gasteiger partial charge in [-0.1, -0.05) is 6.92 Å². The van der Waals surface area contributed by atoms with Crippen LogP contribution in [0, 0.1) is 0 Å². The fourth-order valence-corrected chi connectivity index (χ4v) is 3.10. The zero-order valence-corrected chi connectivity index (χ0v) is 12.5. The minimum atomic E-state index is -0.317. The van der Waals surface area contributed by atoms with Gasteiger partial charge in [-0.3, -0.25) is 9.59 Å². The number of amides is 1. The van der Waals surface area contributed by atoms with Crippen molar-refractivity contribution in [3.8, 4) is 0 Å². The third kappa shape index (κ3) is 2.60. The molecule has 2 aliphatic heterocycles. The van der Waals surface area contributed by atoms with Crippen molar-refractivity contribution in [1.29, 1.82) is 0 Å². The van der Waals surface area contributed by atoms with E-state index in [1.165, 1.54) is 10.9 Å². The van der Waals surface area contributed by atoms with Crippen LogP contribution < -0.4 is 5.56 Å². The van der Waals surface area contributed by atoms with Gasteiger partial charge in [0.05, 0.1) is 24.7 Å². The second-order valence-electron chi connectivity index (χ2n) is 5.83. The van der Waals surface area contributed by atoms with Crippen LogP contribution in [0.4, 0.5) is 0 Å². The molecule has 3 rings (SSSR count). The van der Waals surface area contributed by atoms with E-state index in [0.717, 1.165) is 30.5 Å². The van der Waals surface area contributed by atoms with Crippen LogP contribution in [0.15, 0.2) is 11.1 Å². The first-order valence-corrected chi connectivity index (χ1v) is 7.57. The van der Waals surface area contributed by atoms with E-state index in [4.69, 9.17) is 4.74 Å². The third-order valence-electron chi connectivity index (χ3n) is 4.44. The van der Waals surface area contributed by atoms with Gasteiger partial charge in [0.1, 0.15) is 6.10 Å². The molecule has 3 heterocycles. The van der Waals surface area contributed by atoms with Gasteiger partial charge in [0.2, 0.25) is 0 Å². The highest BCUT2D eigenvalue weighted by Gasteiger charge is 2.34. The Morgan fingerprint density at radius 1 is 1.48 bits per heavy atom. The van der Waals surface area contributed by atoms with Crippen molar-refractivity contribution in [3.05, 3.63) is 27.9 Å². The number of ether oxygens (including phenoxy) is 1. The van der Waals surface area contributed by atoms with Gasteiger partial charge >= 0.3 is 0 Å². The molecule has 6 nitrogen and oxygen atoms in total. The van der Waals surface area contributed by atoms with E-state index in [-0.39, 0.29) is 23.7 Å². The summed E-state index contributed by atoms with van der Waals surface area (Å²) < 4.78 is 7.27. The van der Waals surface area contributed by atoms with E-state index in [9.17, 15) is 9.59 Å². The van der Waals surface area contributed by atoms with E-state index in [2.05, 4.69) is 11.9 Å². The number of carbonyl (C=O) groups excluding carboxylic acids is 1. The average molecular weight is 291 g/mol. The van der Waals surface area contributed by atoms with Crippen LogP contribution in [0.5, 0.6) is 0 Å². The van der Waals surface area contributed by atoms with Gasteiger partial charge in [-0.05, 0) is 25.7 Å². The summed E-state index contributed by atoms with van der Waals surface area (Å²) in [4.78, 5) is 30.6. The molecule has 0 aliphatic carbocycles. The molecule has 1 fully saturated rings. The highest BCUT2D eigenvalue weighted by molar-refractivity contribution is 5.81. The Morgan fingerprint density at radius 2 is 2.29 bits per heavy atom. The normalized spacial score (nSPS) is 25.0. The Kier molecular flexibility index (Phi) is 3.80. The Balaban J connectivity index is 1.73. The fraction of sp³-hybridized carbons (Fsp3) is 0.667. The van der Waals surface area contributed by atoms with Crippen molar-refractivity contribution < 1.29 is 9.53 Å². The number of aryl methyl sites for hydroxylation is 1. The van der Waals surface area contributed by atoms with Gasteiger partial charge in [0.15, 0.2) is 0 Å². The van der Waals surface area contributed by atoms with Gasteiger partial charge in [-0.25, -0.2) is 4.98 Å². The number of hydrogen-bond acceptors (Lipinski definition) is 4. The van der Waals surface area contributed by atoms with E-state index in [1.807, 2.05) is 0 Å². The summed E-state index contributed by atoms with van der Waals surface area (Å²) in [5.74, 6) is 0.0408. The molecule has 1 amide bonds. The quantitative estimate of drug-likeness (QED) is 0.801. The van der Waals surface area contributed by atoms with Crippen LogP contribution in [0.2, 0.25) is 0 Å². The molecule has 1 saturated heterocycles. The minimum absolute atomic E-state index is 0.00439. The molecule has 0 unspecified atom stereocenters. The number of nitrogens with zero attached hydrogens (tertiary/aromatic N) is 3. The molecular weight excluding hydrogens is 270 g/mol. The second kappa shape index (κ2) is 5.60. The molecule has 0 saturated carbocycles. The van der Waals surface area contributed by atoms with Crippen molar-refractivity contribution in [2.45, 2.75) is 51.4 Å². The minimum Gasteiger partial charge on any atom is -0.365 e. The lowest BCUT2D eigenvalue weighted by Gasteiger charge is -2.29. The summed E-state index contributed by atoms with van der Waals surface area (Å²) in [6.07, 6.45) is 4.69. The molecule has 1 aromatic rings. The standard InChI is InChI=1S/C15H21N3O3/c1-3-10-4-5-13(21-10)15(20)18-7-6-11-12(8-18)16-9-17(2)14(11)19/h9-10,13H,3-8H2,1-2H3/t10-,13-/m1/s1. The summed E-state index contributed by atoms with van der Waals surface area (Å²) >= 11 is 0. The average Bonchev–Trinajstić information content (AvgIpc) is 2.99. The molecule has 0 bridgehead atoms. The highest BCUT2D eigenvalue weighted by atomic mass is 16.5. The first-order valence-electron chi connectivity index (χ1n) is 7.57. The van der Waals surface area contributed by atoms with Crippen molar-refractivity contribution in [2.75, 3.05) is 6.54 Å². The predicted molar refractivity (Wildman–Crippen MR) is 76.8 cm³/mol. The number of aromatic nitrogens is 2. The number of hydrogen-bond donors (Lipinski definition) is 0. The summed E-state index contributed by atoms with van der Waals surface area (Å²) in [5.41, 5.74) is 1.46.